The molecule has 0 unspecified atom stereocenters. The number of likely N-dealkylation sites (tertiary alicyclic amines) is 1. The topological polar surface area (TPSA) is 80.4 Å². The van der Waals surface area contributed by atoms with Gasteiger partial charge in [0.05, 0.1) is 4.92 Å². The normalized spacial score (nSPS) is 18.4. The molecule has 2 aromatic rings. The van der Waals surface area contributed by atoms with Gasteiger partial charge in [-0.25, -0.2) is 0 Å². The van der Waals surface area contributed by atoms with Crippen LogP contribution in [-0.4, -0.2) is 46.5 Å². The van der Waals surface area contributed by atoms with Crippen molar-refractivity contribution in [2.75, 3.05) is 26.2 Å². The molecule has 0 bridgehead atoms. The molecule has 0 spiro atoms. The number of nitrogens with zero attached hydrogens (tertiary/aromatic N) is 3. The van der Waals surface area contributed by atoms with Crippen molar-refractivity contribution in [2.24, 2.45) is 5.92 Å². The van der Waals surface area contributed by atoms with E-state index >= 15 is 0 Å². The molecule has 0 saturated carbocycles. The van der Waals surface area contributed by atoms with Crippen molar-refractivity contribution < 1.29 is 9.72 Å². The van der Waals surface area contributed by atoms with Crippen LogP contribution in [0.15, 0.2) is 30.5 Å². The minimum Gasteiger partial charge on any atom is -0.353 e. The molecule has 1 N–H and O–H groups in total. The third-order valence-electron chi connectivity index (χ3n) is 4.77. The highest BCUT2D eigenvalue weighted by atomic mass is 16.6. The lowest BCUT2D eigenvalue weighted by Crippen LogP contribution is -2.40. The van der Waals surface area contributed by atoms with E-state index in [1.165, 1.54) is 25.0 Å². The highest BCUT2D eigenvalue weighted by Gasteiger charge is 2.16. The molecule has 1 aromatic heterocycles. The van der Waals surface area contributed by atoms with Gasteiger partial charge in [-0.3, -0.25) is 14.9 Å². The van der Waals surface area contributed by atoms with Crippen LogP contribution in [0.4, 0.5) is 5.69 Å². The van der Waals surface area contributed by atoms with Gasteiger partial charge in [0.15, 0.2) is 0 Å². The van der Waals surface area contributed by atoms with Crippen LogP contribution in [0.2, 0.25) is 0 Å². The number of nitrogens with one attached hydrogen (secondary N) is 1. The second-order valence-corrected chi connectivity index (χ2v) is 6.84. The first kappa shape index (κ1) is 17.4. The predicted molar refractivity (Wildman–Crippen MR) is 96.4 cm³/mol. The van der Waals surface area contributed by atoms with E-state index in [2.05, 4.69) is 17.1 Å². The number of hydrogen-bond acceptors (Lipinski definition) is 4. The molecule has 2 heterocycles. The van der Waals surface area contributed by atoms with Gasteiger partial charge in [0, 0.05) is 48.9 Å². The monoisotopic (exact) mass is 344 g/mol. The maximum atomic E-state index is 12.2. The zero-order chi connectivity index (χ0) is 17.8. The van der Waals surface area contributed by atoms with E-state index in [0.717, 1.165) is 36.5 Å². The minimum atomic E-state index is -0.412. The van der Waals surface area contributed by atoms with Crippen molar-refractivity contribution in [2.45, 2.75) is 26.3 Å². The molecule has 1 amide bonds. The number of benzene rings is 1. The summed E-state index contributed by atoms with van der Waals surface area (Å²) in [7, 11) is 0. The maximum Gasteiger partial charge on any atom is 0.270 e. The first-order chi connectivity index (χ1) is 12.0. The molecule has 1 fully saturated rings. The second-order valence-electron chi connectivity index (χ2n) is 6.84. The molecule has 1 aliphatic rings. The Balaban J connectivity index is 1.52. The zero-order valence-corrected chi connectivity index (χ0v) is 14.5. The van der Waals surface area contributed by atoms with E-state index in [-0.39, 0.29) is 18.1 Å². The molecule has 1 aliphatic heterocycles. The van der Waals surface area contributed by atoms with Gasteiger partial charge in [-0.05, 0) is 37.4 Å². The fraction of sp³-hybridized carbons (Fsp3) is 0.500. The number of carbonyl (C=O) groups excluding carboxylic acids is 1. The Morgan fingerprint density at radius 3 is 3.00 bits per heavy atom. The van der Waals surface area contributed by atoms with Crippen LogP contribution in [-0.2, 0) is 11.3 Å². The number of piperidine rings is 1. The maximum absolute atomic E-state index is 12.2. The van der Waals surface area contributed by atoms with Crippen molar-refractivity contribution in [1.29, 1.82) is 0 Å². The van der Waals surface area contributed by atoms with Gasteiger partial charge in [0.2, 0.25) is 5.91 Å². The van der Waals surface area contributed by atoms with E-state index in [9.17, 15) is 14.9 Å². The number of non-ortho nitro benzene ring substituents is 1. The molecule has 3 rings (SSSR count). The van der Waals surface area contributed by atoms with Gasteiger partial charge in [-0.1, -0.05) is 6.92 Å². The van der Waals surface area contributed by atoms with Crippen molar-refractivity contribution >= 4 is 22.5 Å². The summed E-state index contributed by atoms with van der Waals surface area (Å²) in [6.07, 6.45) is 4.32. The lowest BCUT2D eigenvalue weighted by Gasteiger charge is -2.30. The van der Waals surface area contributed by atoms with Crippen molar-refractivity contribution in [3.63, 3.8) is 0 Å². The van der Waals surface area contributed by atoms with Gasteiger partial charge in [0.1, 0.15) is 6.54 Å². The first-order valence-electron chi connectivity index (χ1n) is 8.75. The van der Waals surface area contributed by atoms with Crippen LogP contribution in [0, 0.1) is 16.0 Å². The number of carbonyl (C=O) groups is 1. The second kappa shape index (κ2) is 7.65. The lowest BCUT2D eigenvalue weighted by atomic mass is 10.0. The molecular formula is C18H24N4O3. The molecule has 25 heavy (non-hydrogen) atoms. The molecule has 7 nitrogen and oxygen atoms in total. The molecule has 1 atom stereocenters. The Morgan fingerprint density at radius 2 is 2.24 bits per heavy atom. The number of nitro benzene ring substituents is 1. The van der Waals surface area contributed by atoms with E-state index in [0.29, 0.717) is 6.54 Å². The number of aromatic nitrogens is 1. The van der Waals surface area contributed by atoms with Crippen molar-refractivity contribution in [3.8, 4) is 0 Å². The Morgan fingerprint density at radius 1 is 1.40 bits per heavy atom. The zero-order valence-electron chi connectivity index (χ0n) is 14.5. The van der Waals surface area contributed by atoms with Crippen LogP contribution >= 0.6 is 0 Å². The largest absolute Gasteiger partial charge is 0.353 e. The molecule has 1 aromatic carbocycles. The first-order valence-corrected chi connectivity index (χ1v) is 8.75. The fourth-order valence-corrected chi connectivity index (χ4v) is 3.49. The van der Waals surface area contributed by atoms with Crippen LogP contribution in [0.25, 0.3) is 10.9 Å². The van der Waals surface area contributed by atoms with E-state index < -0.39 is 4.92 Å². The summed E-state index contributed by atoms with van der Waals surface area (Å²) in [5.74, 6) is 0.695. The number of amides is 1. The lowest BCUT2D eigenvalue weighted by molar-refractivity contribution is -0.384. The van der Waals surface area contributed by atoms with Gasteiger partial charge >= 0.3 is 0 Å². The van der Waals surface area contributed by atoms with Crippen LogP contribution in [0.5, 0.6) is 0 Å². The standard InChI is InChI=1S/C18H24N4O3/c1-14-3-2-8-20(12-14)10-7-19-18(23)13-21-9-6-15-11-16(22(24)25)4-5-17(15)21/h4-6,9,11,14H,2-3,7-8,10,12-13H2,1H3,(H,19,23)/t14-/m0/s1. The summed E-state index contributed by atoms with van der Waals surface area (Å²) in [6, 6.07) is 6.48. The van der Waals surface area contributed by atoms with E-state index in [1.54, 1.807) is 18.3 Å². The van der Waals surface area contributed by atoms with Crippen LogP contribution < -0.4 is 5.32 Å². The molecule has 0 radical (unpaired) electrons. The smallest absolute Gasteiger partial charge is 0.270 e. The third-order valence-corrected chi connectivity index (χ3v) is 4.77. The number of rotatable bonds is 6. The highest BCUT2D eigenvalue weighted by molar-refractivity contribution is 5.85. The SMILES string of the molecule is C[C@H]1CCCN(CCNC(=O)Cn2ccc3cc([N+](=O)[O-])ccc32)C1. The number of nitro groups is 1. The van der Waals surface area contributed by atoms with Crippen molar-refractivity contribution in [1.82, 2.24) is 14.8 Å². The molecule has 7 heteroatoms. The van der Waals surface area contributed by atoms with Crippen molar-refractivity contribution in [3.05, 3.63) is 40.6 Å². The Labute approximate surface area is 146 Å². The number of fused-ring (bicyclic) bond motifs is 1. The molecule has 134 valence electrons. The quantitative estimate of drug-likeness (QED) is 0.644. The molecule has 0 aliphatic carbocycles. The average Bonchev–Trinajstić information content (AvgIpc) is 2.97. The number of hydrogen-bond donors (Lipinski definition) is 1. The molecule has 1 saturated heterocycles. The fourth-order valence-electron chi connectivity index (χ4n) is 3.49. The minimum absolute atomic E-state index is 0.0408. The molecular weight excluding hydrogens is 320 g/mol. The Hall–Kier alpha value is -2.41. The summed E-state index contributed by atoms with van der Waals surface area (Å²) < 4.78 is 1.82. The van der Waals surface area contributed by atoms with Crippen LogP contribution in [0.3, 0.4) is 0 Å². The van der Waals surface area contributed by atoms with Crippen LogP contribution in [0.1, 0.15) is 19.8 Å². The summed E-state index contributed by atoms with van der Waals surface area (Å²) in [6.45, 7) is 6.24. The summed E-state index contributed by atoms with van der Waals surface area (Å²) in [4.78, 5) is 25.0. The van der Waals surface area contributed by atoms with E-state index in [4.69, 9.17) is 0 Å². The van der Waals surface area contributed by atoms with Gasteiger partial charge in [0.25, 0.3) is 5.69 Å². The summed E-state index contributed by atoms with van der Waals surface area (Å²) in [5.41, 5.74) is 0.885. The predicted octanol–water partition coefficient (Wildman–Crippen LogP) is 2.40. The van der Waals surface area contributed by atoms with Gasteiger partial charge in [-0.2, -0.15) is 0 Å². The summed E-state index contributed by atoms with van der Waals surface area (Å²) >= 11 is 0. The Bertz CT molecular complexity index is 771. The Kier molecular flexibility index (Phi) is 5.33. The van der Waals surface area contributed by atoms with Gasteiger partial charge in [-0.15, -0.1) is 0 Å². The average molecular weight is 344 g/mol. The van der Waals surface area contributed by atoms with E-state index in [1.807, 2.05) is 4.57 Å². The van der Waals surface area contributed by atoms with Gasteiger partial charge < -0.3 is 14.8 Å². The summed E-state index contributed by atoms with van der Waals surface area (Å²) in [5, 5.41) is 14.6. The third kappa shape index (κ3) is 4.36. The highest BCUT2D eigenvalue weighted by Crippen LogP contribution is 2.21.